The molecule has 0 radical (unpaired) electrons. The summed E-state index contributed by atoms with van der Waals surface area (Å²) in [5, 5.41) is 2.41. The molecule has 3 aromatic rings. The number of carbonyl (C=O) groups excluding carboxylic acids is 2. The van der Waals surface area contributed by atoms with Crippen LogP contribution in [-0.2, 0) is 32.3 Å². The first kappa shape index (κ1) is 34.3. The molecular formula is C33H37ClF3N3O4S. The molecule has 7 nitrogen and oxygen atoms in total. The minimum absolute atomic E-state index is 0.0212. The van der Waals surface area contributed by atoms with Gasteiger partial charge in [-0.3, -0.25) is 13.9 Å². The van der Waals surface area contributed by atoms with Gasteiger partial charge in [0.25, 0.3) is 10.0 Å². The number of nitrogens with one attached hydrogen (secondary N) is 1. The molecule has 0 saturated heterocycles. The number of hydrogen-bond donors (Lipinski definition) is 1. The SMILES string of the molecule is Cc1ccc(S(=O)(=O)N(CC(=O)N(Cc2cccc(C)c2)[C@H](C)C(=O)NC2CCCCC2)c2ccc(Cl)c(C(F)(F)F)c2)cc1. The van der Waals surface area contributed by atoms with Gasteiger partial charge >= 0.3 is 6.18 Å². The Labute approximate surface area is 267 Å². The van der Waals surface area contributed by atoms with Gasteiger partial charge in [0, 0.05) is 12.6 Å². The van der Waals surface area contributed by atoms with Crippen molar-refractivity contribution in [2.75, 3.05) is 10.8 Å². The van der Waals surface area contributed by atoms with Crippen LogP contribution in [0.2, 0.25) is 5.02 Å². The molecule has 2 amide bonds. The van der Waals surface area contributed by atoms with Crippen LogP contribution < -0.4 is 9.62 Å². The number of hydrogen-bond acceptors (Lipinski definition) is 4. The van der Waals surface area contributed by atoms with E-state index in [1.54, 1.807) is 38.1 Å². The lowest BCUT2D eigenvalue weighted by atomic mass is 9.95. The monoisotopic (exact) mass is 663 g/mol. The van der Waals surface area contributed by atoms with Crippen molar-refractivity contribution in [3.63, 3.8) is 0 Å². The van der Waals surface area contributed by atoms with Crippen molar-refractivity contribution in [3.8, 4) is 0 Å². The Balaban J connectivity index is 1.75. The van der Waals surface area contributed by atoms with Crippen LogP contribution >= 0.6 is 11.6 Å². The smallest absolute Gasteiger partial charge is 0.352 e. The van der Waals surface area contributed by atoms with Crippen LogP contribution in [0.25, 0.3) is 0 Å². The number of carbonyl (C=O) groups is 2. The molecule has 1 N–H and O–H groups in total. The highest BCUT2D eigenvalue weighted by molar-refractivity contribution is 7.92. The third-order valence-corrected chi connectivity index (χ3v) is 10.1. The summed E-state index contributed by atoms with van der Waals surface area (Å²) in [6.45, 7) is 4.32. The molecule has 0 aromatic heterocycles. The second-order valence-electron chi connectivity index (χ2n) is 11.5. The van der Waals surface area contributed by atoms with E-state index in [1.165, 1.54) is 17.0 Å². The summed E-state index contributed by atoms with van der Waals surface area (Å²) in [7, 11) is -4.55. The van der Waals surface area contributed by atoms with Crippen molar-refractivity contribution in [1.82, 2.24) is 10.2 Å². The van der Waals surface area contributed by atoms with E-state index in [0.717, 1.165) is 55.4 Å². The summed E-state index contributed by atoms with van der Waals surface area (Å²) in [6.07, 6.45) is -0.169. The van der Waals surface area contributed by atoms with E-state index in [2.05, 4.69) is 5.32 Å². The van der Waals surface area contributed by atoms with Gasteiger partial charge in [0.15, 0.2) is 0 Å². The molecular weight excluding hydrogens is 627 g/mol. The van der Waals surface area contributed by atoms with E-state index in [9.17, 15) is 31.2 Å². The maximum Gasteiger partial charge on any atom is 0.417 e. The molecule has 1 aliphatic rings. The van der Waals surface area contributed by atoms with Crippen LogP contribution in [0.3, 0.4) is 0 Å². The Hall–Kier alpha value is -3.57. The zero-order chi connectivity index (χ0) is 32.9. The molecule has 0 unspecified atom stereocenters. The number of sulfonamides is 1. The van der Waals surface area contributed by atoms with Crippen molar-refractivity contribution in [2.45, 2.75) is 82.6 Å². The van der Waals surface area contributed by atoms with Crippen LogP contribution in [0.5, 0.6) is 0 Å². The lowest BCUT2D eigenvalue weighted by Gasteiger charge is -2.33. The minimum Gasteiger partial charge on any atom is -0.352 e. The molecule has 1 saturated carbocycles. The Bertz CT molecular complexity index is 1620. The number of benzene rings is 3. The Kier molecular flexibility index (Phi) is 10.9. The molecule has 4 rings (SSSR count). The van der Waals surface area contributed by atoms with Crippen LogP contribution in [-0.4, -0.2) is 43.8 Å². The lowest BCUT2D eigenvalue weighted by molar-refractivity contribution is -0.139. The van der Waals surface area contributed by atoms with Gasteiger partial charge in [-0.1, -0.05) is 78.4 Å². The first-order chi connectivity index (χ1) is 21.2. The molecule has 45 heavy (non-hydrogen) atoms. The van der Waals surface area contributed by atoms with Gasteiger partial charge < -0.3 is 10.2 Å². The third-order valence-electron chi connectivity index (χ3n) is 7.99. The molecule has 0 heterocycles. The van der Waals surface area contributed by atoms with Crippen LogP contribution in [0.15, 0.2) is 71.6 Å². The van der Waals surface area contributed by atoms with E-state index in [-0.39, 0.29) is 23.4 Å². The molecule has 0 bridgehead atoms. The van der Waals surface area contributed by atoms with Gasteiger partial charge in [0.1, 0.15) is 12.6 Å². The second kappa shape index (κ2) is 14.2. The van der Waals surface area contributed by atoms with E-state index < -0.39 is 51.0 Å². The second-order valence-corrected chi connectivity index (χ2v) is 13.8. The minimum atomic E-state index is -4.88. The summed E-state index contributed by atoms with van der Waals surface area (Å²) in [5.74, 6) is -1.15. The van der Waals surface area contributed by atoms with Crippen molar-refractivity contribution < 1.29 is 31.2 Å². The van der Waals surface area contributed by atoms with E-state index in [0.29, 0.717) is 15.9 Å². The fraction of sp³-hybridized carbons (Fsp3) is 0.394. The topological polar surface area (TPSA) is 86.8 Å². The van der Waals surface area contributed by atoms with Gasteiger partial charge in [-0.25, -0.2) is 8.42 Å². The molecule has 1 atom stereocenters. The zero-order valence-corrected chi connectivity index (χ0v) is 27.0. The summed E-state index contributed by atoms with van der Waals surface area (Å²) in [5.41, 5.74) is 0.762. The molecule has 12 heteroatoms. The summed E-state index contributed by atoms with van der Waals surface area (Å²) in [6, 6.07) is 14.7. The van der Waals surface area contributed by atoms with Gasteiger partial charge in [0.2, 0.25) is 11.8 Å². The number of rotatable bonds is 10. The van der Waals surface area contributed by atoms with Crippen molar-refractivity contribution in [2.24, 2.45) is 0 Å². The van der Waals surface area contributed by atoms with Crippen molar-refractivity contribution in [3.05, 3.63) is 94.0 Å². The Morgan fingerprint density at radius 3 is 2.24 bits per heavy atom. The first-order valence-corrected chi connectivity index (χ1v) is 16.6. The first-order valence-electron chi connectivity index (χ1n) is 14.8. The Morgan fingerprint density at radius 1 is 0.956 bits per heavy atom. The van der Waals surface area contributed by atoms with Crippen molar-refractivity contribution in [1.29, 1.82) is 0 Å². The van der Waals surface area contributed by atoms with E-state index in [4.69, 9.17) is 11.6 Å². The highest BCUT2D eigenvalue weighted by atomic mass is 35.5. The molecule has 0 aliphatic heterocycles. The standard InChI is InChI=1S/C33H37ClF3N3O4S/c1-22-12-15-28(16-13-22)45(43,44)40(27-14-17-30(34)29(19-27)33(35,36)37)21-31(41)39(20-25-9-7-8-23(2)18-25)24(3)32(42)38-26-10-5-4-6-11-26/h7-9,12-19,24,26H,4-6,10-11,20-21H2,1-3H3,(H,38,42)/t24-/m1/s1. The van der Waals surface area contributed by atoms with Crippen LogP contribution in [0, 0.1) is 13.8 Å². The van der Waals surface area contributed by atoms with Crippen molar-refractivity contribution >= 4 is 39.1 Å². The summed E-state index contributed by atoms with van der Waals surface area (Å²) < 4.78 is 70.1. The molecule has 1 aliphatic carbocycles. The maximum absolute atomic E-state index is 14.1. The zero-order valence-electron chi connectivity index (χ0n) is 25.4. The average Bonchev–Trinajstić information content (AvgIpc) is 2.98. The third kappa shape index (κ3) is 8.58. The lowest BCUT2D eigenvalue weighted by Crippen LogP contribution is -2.53. The fourth-order valence-corrected chi connectivity index (χ4v) is 7.04. The average molecular weight is 664 g/mol. The fourth-order valence-electron chi connectivity index (χ4n) is 5.41. The quantitative estimate of drug-likeness (QED) is 0.252. The molecule has 3 aromatic carbocycles. The van der Waals surface area contributed by atoms with Gasteiger partial charge in [-0.15, -0.1) is 0 Å². The number of halogens is 4. The van der Waals surface area contributed by atoms with Crippen LogP contribution in [0.1, 0.15) is 61.3 Å². The molecule has 0 spiro atoms. The summed E-state index contributed by atoms with van der Waals surface area (Å²) >= 11 is 5.84. The highest BCUT2D eigenvalue weighted by Gasteiger charge is 2.37. The highest BCUT2D eigenvalue weighted by Crippen LogP contribution is 2.38. The summed E-state index contributed by atoms with van der Waals surface area (Å²) in [4.78, 5) is 28.6. The van der Waals surface area contributed by atoms with Gasteiger partial charge in [-0.05, 0) is 69.5 Å². The van der Waals surface area contributed by atoms with Crippen LogP contribution in [0.4, 0.5) is 18.9 Å². The number of amides is 2. The number of alkyl halides is 3. The van der Waals surface area contributed by atoms with Gasteiger partial charge in [0.05, 0.1) is 21.2 Å². The normalized spacial score (nSPS) is 14.9. The van der Waals surface area contributed by atoms with E-state index >= 15 is 0 Å². The maximum atomic E-state index is 14.1. The molecule has 1 fully saturated rings. The van der Waals surface area contributed by atoms with E-state index in [1.807, 2.05) is 19.1 Å². The number of nitrogens with zero attached hydrogens (tertiary/aromatic N) is 2. The predicted molar refractivity (Wildman–Crippen MR) is 168 cm³/mol. The number of aryl methyl sites for hydroxylation is 2. The Morgan fingerprint density at radius 2 is 1.62 bits per heavy atom. The van der Waals surface area contributed by atoms with Gasteiger partial charge in [-0.2, -0.15) is 13.2 Å². The molecule has 242 valence electrons. The largest absolute Gasteiger partial charge is 0.417 e. The predicted octanol–water partition coefficient (Wildman–Crippen LogP) is 7.04. The number of anilines is 1.